The van der Waals surface area contributed by atoms with Crippen molar-refractivity contribution in [2.24, 2.45) is 0 Å². The second kappa shape index (κ2) is 9.96. The molecule has 1 aliphatic rings. The summed E-state index contributed by atoms with van der Waals surface area (Å²) in [7, 11) is 1.50. The number of imide groups is 1. The standard InChI is InChI=1S/C21H18Cl3NO4S/c1-3-6-25-20(26)18(30-21(25)27)10-13-8-16(24)19(17(9-13)28-2)29-11-12-4-5-14(22)15(23)7-12/h4-5,7-10H,3,6,11H2,1-2H3/b18-10+. The molecule has 0 saturated carbocycles. The molecule has 0 aliphatic carbocycles. The molecule has 158 valence electrons. The van der Waals surface area contributed by atoms with E-state index in [2.05, 4.69) is 0 Å². The van der Waals surface area contributed by atoms with Gasteiger partial charge in [0, 0.05) is 6.54 Å². The number of hydrogen-bond acceptors (Lipinski definition) is 5. The van der Waals surface area contributed by atoms with Crippen molar-refractivity contribution >= 4 is 63.8 Å². The summed E-state index contributed by atoms with van der Waals surface area (Å²) in [5.41, 5.74) is 1.44. The van der Waals surface area contributed by atoms with Crippen molar-refractivity contribution in [3.8, 4) is 11.5 Å². The van der Waals surface area contributed by atoms with Gasteiger partial charge in [-0.25, -0.2) is 0 Å². The Morgan fingerprint density at radius 3 is 2.50 bits per heavy atom. The minimum Gasteiger partial charge on any atom is -0.493 e. The Morgan fingerprint density at radius 2 is 1.83 bits per heavy atom. The van der Waals surface area contributed by atoms with Crippen molar-refractivity contribution in [1.82, 2.24) is 4.90 Å². The fourth-order valence-corrected chi connectivity index (χ4v) is 4.28. The van der Waals surface area contributed by atoms with Gasteiger partial charge in [0.1, 0.15) is 6.61 Å². The predicted molar refractivity (Wildman–Crippen MR) is 122 cm³/mol. The number of nitrogens with zero attached hydrogens (tertiary/aromatic N) is 1. The fraction of sp³-hybridized carbons (Fsp3) is 0.238. The lowest BCUT2D eigenvalue weighted by Gasteiger charge is -2.14. The van der Waals surface area contributed by atoms with Crippen LogP contribution in [0.2, 0.25) is 15.1 Å². The van der Waals surface area contributed by atoms with Crippen LogP contribution in [0.1, 0.15) is 24.5 Å². The molecule has 9 heteroatoms. The molecule has 0 aromatic heterocycles. The monoisotopic (exact) mass is 485 g/mol. The normalized spacial score (nSPS) is 15.2. The molecule has 1 saturated heterocycles. The lowest BCUT2D eigenvalue weighted by Crippen LogP contribution is -2.28. The number of methoxy groups -OCH3 is 1. The number of rotatable bonds is 7. The molecule has 1 aliphatic heterocycles. The van der Waals surface area contributed by atoms with Crippen LogP contribution in [0.4, 0.5) is 4.79 Å². The van der Waals surface area contributed by atoms with Crippen molar-refractivity contribution in [3.63, 3.8) is 0 Å². The number of carbonyl (C=O) groups is 2. The molecular weight excluding hydrogens is 469 g/mol. The fourth-order valence-electron chi connectivity index (χ4n) is 2.82. The van der Waals surface area contributed by atoms with Gasteiger partial charge >= 0.3 is 0 Å². The average molecular weight is 487 g/mol. The molecule has 5 nitrogen and oxygen atoms in total. The Kier molecular flexibility index (Phi) is 7.58. The van der Waals surface area contributed by atoms with Crippen molar-refractivity contribution in [2.45, 2.75) is 20.0 Å². The number of thioether (sulfide) groups is 1. The van der Waals surface area contributed by atoms with Crippen LogP contribution in [0, 0.1) is 0 Å². The third-order valence-electron chi connectivity index (χ3n) is 4.24. The maximum Gasteiger partial charge on any atom is 0.293 e. The lowest BCUT2D eigenvalue weighted by molar-refractivity contribution is -0.122. The Bertz CT molecular complexity index is 1030. The smallest absolute Gasteiger partial charge is 0.293 e. The minimum absolute atomic E-state index is 0.211. The van der Waals surface area contributed by atoms with Crippen LogP contribution in [0.15, 0.2) is 35.2 Å². The molecule has 0 bridgehead atoms. The van der Waals surface area contributed by atoms with Crippen molar-refractivity contribution < 1.29 is 19.1 Å². The molecule has 0 atom stereocenters. The maximum atomic E-state index is 12.4. The molecule has 30 heavy (non-hydrogen) atoms. The molecule has 0 radical (unpaired) electrons. The Labute approximate surface area is 193 Å². The number of carbonyl (C=O) groups excluding carboxylic acids is 2. The van der Waals surface area contributed by atoms with E-state index in [0.717, 1.165) is 17.3 Å². The summed E-state index contributed by atoms with van der Waals surface area (Å²) >= 11 is 19.3. The number of amides is 2. The zero-order valence-corrected chi connectivity index (χ0v) is 19.3. The summed E-state index contributed by atoms with van der Waals surface area (Å²) in [6, 6.07) is 8.56. The summed E-state index contributed by atoms with van der Waals surface area (Å²) in [6.07, 6.45) is 2.33. The van der Waals surface area contributed by atoms with Gasteiger partial charge in [-0.15, -0.1) is 0 Å². The Morgan fingerprint density at radius 1 is 1.07 bits per heavy atom. The number of benzene rings is 2. The second-order valence-electron chi connectivity index (χ2n) is 6.40. The third-order valence-corrected chi connectivity index (χ3v) is 6.16. The van der Waals surface area contributed by atoms with E-state index >= 15 is 0 Å². The SMILES string of the molecule is CCCN1C(=O)S/C(=C/c2cc(Cl)c(OCc3ccc(Cl)c(Cl)c3)c(OC)c2)C1=O. The van der Waals surface area contributed by atoms with E-state index in [-0.39, 0.29) is 17.8 Å². The van der Waals surface area contributed by atoms with Crippen LogP contribution < -0.4 is 9.47 Å². The molecule has 3 rings (SSSR count). The zero-order valence-electron chi connectivity index (χ0n) is 16.2. The second-order valence-corrected chi connectivity index (χ2v) is 8.62. The van der Waals surface area contributed by atoms with Crippen molar-refractivity contribution in [1.29, 1.82) is 0 Å². The van der Waals surface area contributed by atoms with E-state index in [1.54, 1.807) is 36.4 Å². The average Bonchev–Trinajstić information content (AvgIpc) is 2.97. The summed E-state index contributed by atoms with van der Waals surface area (Å²) in [4.78, 5) is 26.0. The third kappa shape index (κ3) is 5.06. The molecule has 2 amide bonds. The van der Waals surface area contributed by atoms with E-state index in [0.29, 0.717) is 50.0 Å². The number of halogens is 3. The van der Waals surface area contributed by atoms with E-state index in [1.807, 2.05) is 6.92 Å². The van der Waals surface area contributed by atoms with Crippen molar-refractivity contribution in [3.05, 3.63) is 61.4 Å². The lowest BCUT2D eigenvalue weighted by atomic mass is 10.1. The van der Waals surface area contributed by atoms with Crippen molar-refractivity contribution in [2.75, 3.05) is 13.7 Å². The van der Waals surface area contributed by atoms with Crippen LogP contribution >= 0.6 is 46.6 Å². The summed E-state index contributed by atoms with van der Waals surface area (Å²) in [5.74, 6) is 0.463. The van der Waals surface area contributed by atoms with Gasteiger partial charge < -0.3 is 9.47 Å². The largest absolute Gasteiger partial charge is 0.493 e. The van der Waals surface area contributed by atoms with Gasteiger partial charge in [0.2, 0.25) is 0 Å². The van der Waals surface area contributed by atoms with E-state index < -0.39 is 0 Å². The highest BCUT2D eigenvalue weighted by Crippen LogP contribution is 2.39. The molecule has 1 heterocycles. The highest BCUT2D eigenvalue weighted by atomic mass is 35.5. The molecule has 0 N–H and O–H groups in total. The van der Waals surface area contributed by atoms with E-state index in [1.165, 1.54) is 12.0 Å². The van der Waals surface area contributed by atoms with Gasteiger partial charge in [-0.1, -0.05) is 47.8 Å². The van der Waals surface area contributed by atoms with Gasteiger partial charge in [-0.3, -0.25) is 14.5 Å². The Hall–Kier alpha value is -1.86. The molecule has 1 fully saturated rings. The van der Waals surface area contributed by atoms with Gasteiger partial charge in [0.25, 0.3) is 11.1 Å². The van der Waals surface area contributed by atoms with E-state index in [4.69, 9.17) is 44.3 Å². The van der Waals surface area contributed by atoms with Crippen LogP contribution in [-0.2, 0) is 11.4 Å². The minimum atomic E-state index is -0.304. The molecule has 0 spiro atoms. The summed E-state index contributed by atoms with van der Waals surface area (Å²) < 4.78 is 11.3. The van der Waals surface area contributed by atoms with Gasteiger partial charge in [-0.2, -0.15) is 0 Å². The molecule has 0 unspecified atom stereocenters. The predicted octanol–water partition coefficient (Wildman–Crippen LogP) is 6.68. The first-order valence-electron chi connectivity index (χ1n) is 9.03. The topological polar surface area (TPSA) is 55.8 Å². The van der Waals surface area contributed by atoms with Gasteiger partial charge in [0.15, 0.2) is 11.5 Å². The first-order valence-corrected chi connectivity index (χ1v) is 11.0. The van der Waals surface area contributed by atoms with Crippen LogP contribution in [0.3, 0.4) is 0 Å². The molecule has 2 aromatic carbocycles. The zero-order chi connectivity index (χ0) is 21.8. The van der Waals surface area contributed by atoms with Gasteiger partial charge in [0.05, 0.1) is 27.1 Å². The quantitative estimate of drug-likeness (QED) is 0.409. The van der Waals surface area contributed by atoms with Gasteiger partial charge in [-0.05, 0) is 59.7 Å². The van der Waals surface area contributed by atoms with E-state index in [9.17, 15) is 9.59 Å². The molecule has 2 aromatic rings. The number of hydrogen-bond donors (Lipinski definition) is 0. The van der Waals surface area contributed by atoms with Crippen LogP contribution in [-0.4, -0.2) is 29.7 Å². The first-order chi connectivity index (χ1) is 14.3. The number of ether oxygens (including phenoxy) is 2. The molecular formula is C21H18Cl3NO4S. The maximum absolute atomic E-state index is 12.4. The summed E-state index contributed by atoms with van der Waals surface area (Å²) in [6.45, 7) is 2.52. The van der Waals surface area contributed by atoms with Crippen LogP contribution in [0.5, 0.6) is 11.5 Å². The first kappa shape index (κ1) is 22.8. The highest BCUT2D eigenvalue weighted by Gasteiger charge is 2.34. The Balaban J connectivity index is 1.83. The van der Waals surface area contributed by atoms with Crippen LogP contribution in [0.25, 0.3) is 6.08 Å². The summed E-state index contributed by atoms with van der Waals surface area (Å²) in [5, 5.41) is 0.938. The highest BCUT2D eigenvalue weighted by molar-refractivity contribution is 8.18.